The van der Waals surface area contributed by atoms with Crippen molar-refractivity contribution in [2.24, 2.45) is 0 Å². The van der Waals surface area contributed by atoms with Crippen LogP contribution in [-0.2, 0) is 0 Å². The highest BCUT2D eigenvalue weighted by atomic mass is 32.1. The van der Waals surface area contributed by atoms with E-state index in [0.29, 0.717) is 0 Å². The van der Waals surface area contributed by atoms with E-state index in [2.05, 4.69) is 23.1 Å². The fourth-order valence-corrected chi connectivity index (χ4v) is 1.88. The van der Waals surface area contributed by atoms with E-state index >= 15 is 0 Å². The summed E-state index contributed by atoms with van der Waals surface area (Å²) >= 11 is 1.67. The van der Waals surface area contributed by atoms with Gasteiger partial charge in [-0.15, -0.1) is 17.8 Å². The summed E-state index contributed by atoms with van der Waals surface area (Å²) in [6.45, 7) is 6.04. The Morgan fingerprint density at radius 3 is 2.77 bits per heavy atom. The minimum atomic E-state index is 0.0965. The molecule has 0 aliphatic carbocycles. The molecule has 1 aromatic rings. The molecule has 0 bridgehead atoms. The molecule has 0 fully saturated rings. The quantitative estimate of drug-likeness (QED) is 0.746. The summed E-state index contributed by atoms with van der Waals surface area (Å²) in [5, 5.41) is 6.42. The molecule has 0 aliphatic rings. The highest BCUT2D eigenvalue weighted by Crippen LogP contribution is 2.17. The van der Waals surface area contributed by atoms with Crippen molar-refractivity contribution >= 4 is 11.3 Å². The molecule has 1 rings (SSSR count). The van der Waals surface area contributed by atoms with Gasteiger partial charge in [0.25, 0.3) is 0 Å². The van der Waals surface area contributed by atoms with Crippen molar-refractivity contribution in [3.8, 4) is 12.3 Å². The third kappa shape index (κ3) is 2.83. The molecule has 0 aromatic carbocycles. The molecule has 1 heterocycles. The van der Waals surface area contributed by atoms with Gasteiger partial charge in [0.15, 0.2) is 0 Å². The second-order valence-electron chi connectivity index (χ2n) is 3.10. The molecule has 2 nitrogen and oxygen atoms in total. The predicted molar refractivity (Wildman–Crippen MR) is 56.7 cm³/mol. The topological polar surface area (TPSA) is 24.9 Å². The molecule has 1 aromatic heterocycles. The molecule has 0 radical (unpaired) electrons. The van der Waals surface area contributed by atoms with E-state index in [1.807, 2.05) is 19.2 Å². The first-order valence-electron chi connectivity index (χ1n) is 4.27. The van der Waals surface area contributed by atoms with Crippen molar-refractivity contribution in [1.29, 1.82) is 0 Å². The summed E-state index contributed by atoms with van der Waals surface area (Å²) < 4.78 is 0. The van der Waals surface area contributed by atoms with E-state index in [9.17, 15) is 0 Å². The van der Waals surface area contributed by atoms with Gasteiger partial charge in [0.05, 0.1) is 12.1 Å². The van der Waals surface area contributed by atoms with Gasteiger partial charge < -0.3 is 0 Å². The van der Waals surface area contributed by atoms with Gasteiger partial charge in [0, 0.05) is 11.1 Å². The van der Waals surface area contributed by atoms with E-state index in [1.54, 1.807) is 11.3 Å². The Morgan fingerprint density at radius 1 is 1.62 bits per heavy atom. The predicted octanol–water partition coefficient (Wildman–Crippen LogP) is 2.12. The third-order valence-electron chi connectivity index (χ3n) is 1.76. The number of thiazole rings is 1. The van der Waals surface area contributed by atoms with E-state index in [-0.39, 0.29) is 12.1 Å². The zero-order valence-electron chi connectivity index (χ0n) is 8.16. The number of nitrogens with one attached hydrogen (secondary N) is 1. The van der Waals surface area contributed by atoms with Crippen LogP contribution in [0.5, 0.6) is 0 Å². The van der Waals surface area contributed by atoms with E-state index in [1.165, 1.54) is 0 Å². The second-order valence-corrected chi connectivity index (χ2v) is 3.99. The Morgan fingerprint density at radius 2 is 2.31 bits per heavy atom. The smallest absolute Gasteiger partial charge is 0.110 e. The summed E-state index contributed by atoms with van der Waals surface area (Å²) in [7, 11) is 0. The van der Waals surface area contributed by atoms with E-state index in [0.717, 1.165) is 10.7 Å². The van der Waals surface area contributed by atoms with Gasteiger partial charge in [0.1, 0.15) is 5.01 Å². The standard InChI is InChI=1S/C10H14N2S/c1-5-7(2)11-9(4)10-12-8(3)6-13-10/h1,6-7,9,11H,2-4H3. The third-order valence-corrected chi connectivity index (χ3v) is 2.90. The van der Waals surface area contributed by atoms with Crippen molar-refractivity contribution in [2.45, 2.75) is 32.9 Å². The van der Waals surface area contributed by atoms with Crippen LogP contribution in [0.2, 0.25) is 0 Å². The minimum absolute atomic E-state index is 0.0965. The second kappa shape index (κ2) is 4.40. The molecule has 0 spiro atoms. The summed E-state index contributed by atoms with van der Waals surface area (Å²) in [5.41, 5.74) is 1.07. The zero-order valence-corrected chi connectivity index (χ0v) is 8.98. The number of aromatic nitrogens is 1. The summed E-state index contributed by atoms with van der Waals surface area (Å²) in [6, 6.07) is 0.337. The zero-order chi connectivity index (χ0) is 9.84. The average molecular weight is 194 g/mol. The Labute approximate surface area is 83.4 Å². The lowest BCUT2D eigenvalue weighted by Crippen LogP contribution is -2.27. The number of rotatable bonds is 3. The van der Waals surface area contributed by atoms with Gasteiger partial charge in [-0.25, -0.2) is 4.98 Å². The van der Waals surface area contributed by atoms with Crippen LogP contribution in [0.25, 0.3) is 0 Å². The number of hydrogen-bond donors (Lipinski definition) is 1. The molecule has 0 aliphatic heterocycles. The molecule has 1 N–H and O–H groups in total. The maximum atomic E-state index is 5.27. The molecule has 0 saturated carbocycles. The van der Waals surface area contributed by atoms with Crippen molar-refractivity contribution in [2.75, 3.05) is 0 Å². The maximum absolute atomic E-state index is 5.27. The summed E-state index contributed by atoms with van der Waals surface area (Å²) in [4.78, 5) is 4.39. The fourth-order valence-electron chi connectivity index (χ4n) is 1.07. The van der Waals surface area contributed by atoms with Gasteiger partial charge in [-0.3, -0.25) is 5.32 Å². The fraction of sp³-hybridized carbons (Fsp3) is 0.500. The Kier molecular flexibility index (Phi) is 3.47. The molecule has 0 amide bonds. The van der Waals surface area contributed by atoms with E-state index < -0.39 is 0 Å². The van der Waals surface area contributed by atoms with E-state index in [4.69, 9.17) is 6.42 Å². The summed E-state index contributed by atoms with van der Waals surface area (Å²) in [6.07, 6.45) is 5.27. The molecule has 0 saturated heterocycles. The van der Waals surface area contributed by atoms with Crippen molar-refractivity contribution in [3.05, 3.63) is 16.1 Å². The van der Waals surface area contributed by atoms with Gasteiger partial charge in [-0.05, 0) is 20.8 Å². The Balaban J connectivity index is 2.59. The van der Waals surface area contributed by atoms with Crippen LogP contribution in [0, 0.1) is 19.3 Å². The van der Waals surface area contributed by atoms with Gasteiger partial charge >= 0.3 is 0 Å². The normalized spacial score (nSPS) is 14.9. The lowest BCUT2D eigenvalue weighted by atomic mass is 10.3. The van der Waals surface area contributed by atoms with Gasteiger partial charge in [-0.2, -0.15) is 0 Å². The number of hydrogen-bond acceptors (Lipinski definition) is 3. The van der Waals surface area contributed by atoms with Gasteiger partial charge in [0.2, 0.25) is 0 Å². The van der Waals surface area contributed by atoms with Crippen LogP contribution in [0.4, 0.5) is 0 Å². The van der Waals surface area contributed by atoms with Crippen LogP contribution in [0.3, 0.4) is 0 Å². The maximum Gasteiger partial charge on any atom is 0.110 e. The van der Waals surface area contributed by atoms with Crippen molar-refractivity contribution in [1.82, 2.24) is 10.3 Å². The number of nitrogens with zero attached hydrogens (tertiary/aromatic N) is 1. The minimum Gasteiger partial charge on any atom is -0.295 e. The number of aryl methyl sites for hydroxylation is 1. The molecule has 2 atom stereocenters. The van der Waals surface area contributed by atoms with Crippen LogP contribution in [-0.4, -0.2) is 11.0 Å². The first kappa shape index (κ1) is 10.2. The van der Waals surface area contributed by atoms with Crippen LogP contribution < -0.4 is 5.32 Å². The summed E-state index contributed by atoms with van der Waals surface area (Å²) in [5.74, 6) is 2.64. The van der Waals surface area contributed by atoms with Crippen LogP contribution >= 0.6 is 11.3 Å². The lowest BCUT2D eigenvalue weighted by Gasteiger charge is -2.13. The monoisotopic (exact) mass is 194 g/mol. The molecular weight excluding hydrogens is 180 g/mol. The Bertz CT molecular complexity index is 311. The highest BCUT2D eigenvalue weighted by molar-refractivity contribution is 7.09. The number of terminal acetylenes is 1. The first-order chi connectivity index (χ1) is 6.13. The molecular formula is C10H14N2S. The van der Waals surface area contributed by atoms with Crippen molar-refractivity contribution < 1.29 is 0 Å². The lowest BCUT2D eigenvalue weighted by molar-refractivity contribution is 0.543. The molecule has 2 unspecified atom stereocenters. The van der Waals surface area contributed by atoms with Gasteiger partial charge in [-0.1, -0.05) is 5.92 Å². The molecule has 3 heteroatoms. The van der Waals surface area contributed by atoms with Crippen LogP contribution in [0.1, 0.15) is 30.6 Å². The highest BCUT2D eigenvalue weighted by Gasteiger charge is 2.10. The Hall–Kier alpha value is -0.850. The van der Waals surface area contributed by atoms with Crippen LogP contribution in [0.15, 0.2) is 5.38 Å². The molecule has 70 valence electrons. The first-order valence-corrected chi connectivity index (χ1v) is 5.15. The SMILES string of the molecule is C#CC(C)NC(C)c1nc(C)cs1. The van der Waals surface area contributed by atoms with Crippen molar-refractivity contribution in [3.63, 3.8) is 0 Å². The molecule has 13 heavy (non-hydrogen) atoms. The average Bonchev–Trinajstić information content (AvgIpc) is 2.51. The largest absolute Gasteiger partial charge is 0.295 e.